The van der Waals surface area contributed by atoms with Gasteiger partial charge >= 0.3 is 0 Å². The maximum absolute atomic E-state index is 12.3. The number of aromatic nitrogens is 1. The van der Waals surface area contributed by atoms with Crippen molar-refractivity contribution in [2.75, 3.05) is 6.54 Å². The molecule has 3 rings (SSSR count). The van der Waals surface area contributed by atoms with E-state index in [4.69, 9.17) is 0 Å². The van der Waals surface area contributed by atoms with Gasteiger partial charge in [0.1, 0.15) is 0 Å². The first-order valence-corrected chi connectivity index (χ1v) is 8.06. The summed E-state index contributed by atoms with van der Waals surface area (Å²) in [5.41, 5.74) is 5.02. The molecule has 0 aliphatic carbocycles. The van der Waals surface area contributed by atoms with E-state index in [1.807, 2.05) is 36.4 Å². The van der Waals surface area contributed by atoms with E-state index in [-0.39, 0.29) is 5.91 Å². The molecule has 0 bridgehead atoms. The molecule has 3 aromatic rings. The van der Waals surface area contributed by atoms with Gasteiger partial charge in [0.05, 0.1) is 5.56 Å². The van der Waals surface area contributed by atoms with Crippen molar-refractivity contribution < 1.29 is 4.79 Å². The number of nitrogens with one attached hydrogen (secondary N) is 1. The van der Waals surface area contributed by atoms with Crippen molar-refractivity contribution >= 4 is 5.91 Å². The second kappa shape index (κ2) is 7.55. The van der Waals surface area contributed by atoms with Crippen molar-refractivity contribution in [3.05, 3.63) is 89.7 Å². The summed E-state index contributed by atoms with van der Waals surface area (Å²) in [6.45, 7) is 2.66. The molecule has 0 aliphatic rings. The van der Waals surface area contributed by atoms with Crippen LogP contribution in [0.5, 0.6) is 0 Å². The molecule has 0 fully saturated rings. The average Bonchev–Trinajstić information content (AvgIpc) is 2.63. The first-order valence-electron chi connectivity index (χ1n) is 8.06. The van der Waals surface area contributed by atoms with Gasteiger partial charge in [-0.2, -0.15) is 0 Å². The van der Waals surface area contributed by atoms with Crippen LogP contribution >= 0.6 is 0 Å². The Morgan fingerprint density at radius 3 is 2.46 bits per heavy atom. The predicted molar refractivity (Wildman–Crippen MR) is 96.9 cm³/mol. The Kier molecular flexibility index (Phi) is 5.02. The van der Waals surface area contributed by atoms with Crippen LogP contribution in [0, 0.1) is 6.92 Å². The summed E-state index contributed by atoms with van der Waals surface area (Å²) in [6.07, 6.45) is 4.21. The number of benzene rings is 2. The highest BCUT2D eigenvalue weighted by atomic mass is 16.1. The SMILES string of the molecule is Cc1ccc(-c2cncc(C(=O)NCCc3ccccc3)c2)cc1. The number of hydrogen-bond donors (Lipinski definition) is 1. The largest absolute Gasteiger partial charge is 0.352 e. The van der Waals surface area contributed by atoms with Crippen LogP contribution in [0.4, 0.5) is 0 Å². The lowest BCUT2D eigenvalue weighted by Gasteiger charge is -2.07. The van der Waals surface area contributed by atoms with Crippen LogP contribution in [0.3, 0.4) is 0 Å². The summed E-state index contributed by atoms with van der Waals surface area (Å²) < 4.78 is 0. The van der Waals surface area contributed by atoms with Gasteiger partial charge < -0.3 is 5.32 Å². The molecule has 3 nitrogen and oxygen atoms in total. The zero-order valence-electron chi connectivity index (χ0n) is 13.7. The lowest BCUT2D eigenvalue weighted by atomic mass is 10.0. The summed E-state index contributed by atoms with van der Waals surface area (Å²) in [6, 6.07) is 20.2. The van der Waals surface area contributed by atoms with Gasteiger partial charge in [-0.05, 0) is 30.5 Å². The molecule has 3 heteroatoms. The normalized spacial score (nSPS) is 10.4. The van der Waals surface area contributed by atoms with Crippen LogP contribution < -0.4 is 5.32 Å². The average molecular weight is 316 g/mol. The summed E-state index contributed by atoms with van der Waals surface area (Å²) in [7, 11) is 0. The van der Waals surface area contributed by atoms with Crippen LogP contribution in [-0.2, 0) is 6.42 Å². The fraction of sp³-hybridized carbons (Fsp3) is 0.143. The van der Waals surface area contributed by atoms with Gasteiger partial charge in [-0.15, -0.1) is 0 Å². The van der Waals surface area contributed by atoms with Crippen LogP contribution in [-0.4, -0.2) is 17.4 Å². The Morgan fingerprint density at radius 1 is 0.958 bits per heavy atom. The van der Waals surface area contributed by atoms with Gasteiger partial charge in [0.2, 0.25) is 0 Å². The predicted octanol–water partition coefficient (Wildman–Crippen LogP) is 4.03. The third-order valence-electron chi connectivity index (χ3n) is 3.93. The first-order chi connectivity index (χ1) is 11.7. The minimum Gasteiger partial charge on any atom is -0.352 e. The fourth-order valence-electron chi connectivity index (χ4n) is 2.54. The molecule has 0 saturated heterocycles. The van der Waals surface area contributed by atoms with Gasteiger partial charge in [0.15, 0.2) is 0 Å². The molecule has 1 N–H and O–H groups in total. The highest BCUT2D eigenvalue weighted by Crippen LogP contribution is 2.19. The van der Waals surface area contributed by atoms with Crippen LogP contribution in [0.2, 0.25) is 0 Å². The minimum absolute atomic E-state index is 0.0904. The Balaban J connectivity index is 1.65. The molecule has 24 heavy (non-hydrogen) atoms. The highest BCUT2D eigenvalue weighted by molar-refractivity contribution is 5.95. The molecule has 0 saturated carbocycles. The van der Waals surface area contributed by atoms with E-state index >= 15 is 0 Å². The smallest absolute Gasteiger partial charge is 0.252 e. The minimum atomic E-state index is -0.0904. The summed E-state index contributed by atoms with van der Waals surface area (Å²) in [5, 5.41) is 2.96. The molecule has 2 aromatic carbocycles. The van der Waals surface area contributed by atoms with E-state index in [0.717, 1.165) is 17.5 Å². The number of carbonyl (C=O) groups is 1. The van der Waals surface area contributed by atoms with E-state index in [2.05, 4.69) is 41.5 Å². The van der Waals surface area contributed by atoms with Crippen molar-refractivity contribution in [3.63, 3.8) is 0 Å². The number of amides is 1. The van der Waals surface area contributed by atoms with Gasteiger partial charge in [-0.1, -0.05) is 60.2 Å². The number of aryl methyl sites for hydroxylation is 1. The van der Waals surface area contributed by atoms with Gasteiger partial charge in [-0.25, -0.2) is 0 Å². The molecule has 0 unspecified atom stereocenters. The third kappa shape index (κ3) is 4.07. The monoisotopic (exact) mass is 316 g/mol. The maximum atomic E-state index is 12.3. The van der Waals surface area contributed by atoms with Crippen LogP contribution in [0.1, 0.15) is 21.5 Å². The van der Waals surface area contributed by atoms with E-state index in [9.17, 15) is 4.79 Å². The van der Waals surface area contributed by atoms with Crippen LogP contribution in [0.25, 0.3) is 11.1 Å². The highest BCUT2D eigenvalue weighted by Gasteiger charge is 2.07. The molecule has 1 amide bonds. The van der Waals surface area contributed by atoms with Crippen molar-refractivity contribution in [3.8, 4) is 11.1 Å². The molecule has 1 heterocycles. The number of nitrogens with zero attached hydrogens (tertiary/aromatic N) is 1. The summed E-state index contributed by atoms with van der Waals surface area (Å²) >= 11 is 0. The zero-order chi connectivity index (χ0) is 16.8. The van der Waals surface area contributed by atoms with Crippen molar-refractivity contribution in [1.29, 1.82) is 0 Å². The molecular weight excluding hydrogens is 296 g/mol. The molecule has 0 aliphatic heterocycles. The van der Waals surface area contributed by atoms with Crippen molar-refractivity contribution in [1.82, 2.24) is 10.3 Å². The molecule has 1 aromatic heterocycles. The molecule has 0 spiro atoms. The number of pyridine rings is 1. The zero-order valence-corrected chi connectivity index (χ0v) is 13.7. The Labute approximate surface area is 142 Å². The standard InChI is InChI=1S/C21H20N2O/c1-16-7-9-18(10-8-16)19-13-20(15-22-14-19)21(24)23-12-11-17-5-3-2-4-6-17/h2-10,13-15H,11-12H2,1H3,(H,23,24). The van der Waals surface area contributed by atoms with E-state index in [1.54, 1.807) is 12.4 Å². The second-order valence-corrected chi connectivity index (χ2v) is 5.82. The van der Waals surface area contributed by atoms with Crippen LogP contribution in [0.15, 0.2) is 73.1 Å². The van der Waals surface area contributed by atoms with Gasteiger partial charge in [0.25, 0.3) is 5.91 Å². The number of carbonyl (C=O) groups excluding carboxylic acids is 1. The van der Waals surface area contributed by atoms with Crippen molar-refractivity contribution in [2.24, 2.45) is 0 Å². The first kappa shape index (κ1) is 15.9. The van der Waals surface area contributed by atoms with E-state index in [1.165, 1.54) is 11.1 Å². The number of rotatable bonds is 5. The summed E-state index contributed by atoms with van der Waals surface area (Å²) in [5.74, 6) is -0.0904. The molecule has 120 valence electrons. The van der Waals surface area contributed by atoms with E-state index < -0.39 is 0 Å². The quantitative estimate of drug-likeness (QED) is 0.772. The Hall–Kier alpha value is -2.94. The van der Waals surface area contributed by atoms with E-state index in [0.29, 0.717) is 12.1 Å². The van der Waals surface area contributed by atoms with Crippen molar-refractivity contribution in [2.45, 2.75) is 13.3 Å². The maximum Gasteiger partial charge on any atom is 0.252 e. The lowest BCUT2D eigenvalue weighted by molar-refractivity contribution is 0.0954. The molecule has 0 atom stereocenters. The lowest BCUT2D eigenvalue weighted by Crippen LogP contribution is -2.25. The molecular formula is C21H20N2O. The topological polar surface area (TPSA) is 42.0 Å². The second-order valence-electron chi connectivity index (χ2n) is 5.82. The Morgan fingerprint density at radius 2 is 1.71 bits per heavy atom. The van der Waals surface area contributed by atoms with Gasteiger partial charge in [0, 0.05) is 24.5 Å². The Bertz CT molecular complexity index is 811. The number of hydrogen-bond acceptors (Lipinski definition) is 2. The summed E-state index contributed by atoms with van der Waals surface area (Å²) in [4.78, 5) is 16.5. The fourth-order valence-corrected chi connectivity index (χ4v) is 2.54. The molecule has 0 radical (unpaired) electrons. The third-order valence-corrected chi connectivity index (χ3v) is 3.93. The van der Waals surface area contributed by atoms with Gasteiger partial charge in [-0.3, -0.25) is 9.78 Å².